The molecular formula is C20H31N3O2S. The first kappa shape index (κ1) is 20.6. The molecule has 0 bridgehead atoms. The summed E-state index contributed by atoms with van der Waals surface area (Å²) in [5.41, 5.74) is 2.38. The smallest absolute Gasteiger partial charge is 0.317 e. The highest BCUT2D eigenvalue weighted by molar-refractivity contribution is 8.01. The van der Waals surface area contributed by atoms with Crippen molar-refractivity contribution >= 4 is 23.7 Å². The van der Waals surface area contributed by atoms with Gasteiger partial charge in [-0.3, -0.25) is 4.79 Å². The SMILES string of the molecule is CCCNC(=O)N(CCN1C(=O)[C@@H](C)S[C@@H]1c1ccccc1C)C(C)C. The van der Waals surface area contributed by atoms with Gasteiger partial charge in [-0.05, 0) is 45.2 Å². The van der Waals surface area contributed by atoms with E-state index in [0.717, 1.165) is 6.42 Å². The fourth-order valence-electron chi connectivity index (χ4n) is 3.15. The molecule has 1 saturated heterocycles. The van der Waals surface area contributed by atoms with Gasteiger partial charge in [-0.2, -0.15) is 0 Å². The maximum absolute atomic E-state index is 12.7. The molecule has 0 radical (unpaired) electrons. The van der Waals surface area contributed by atoms with Gasteiger partial charge in [-0.1, -0.05) is 31.2 Å². The van der Waals surface area contributed by atoms with Crippen LogP contribution in [0.4, 0.5) is 4.79 Å². The van der Waals surface area contributed by atoms with Gasteiger partial charge in [0.25, 0.3) is 0 Å². The number of amides is 3. The van der Waals surface area contributed by atoms with Crippen LogP contribution in [0.25, 0.3) is 0 Å². The van der Waals surface area contributed by atoms with Gasteiger partial charge < -0.3 is 15.1 Å². The van der Waals surface area contributed by atoms with E-state index >= 15 is 0 Å². The molecule has 0 aromatic heterocycles. The van der Waals surface area contributed by atoms with Crippen molar-refractivity contribution < 1.29 is 9.59 Å². The molecule has 1 fully saturated rings. The van der Waals surface area contributed by atoms with Crippen molar-refractivity contribution in [2.45, 2.75) is 57.7 Å². The van der Waals surface area contributed by atoms with Crippen LogP contribution in [0.1, 0.15) is 50.6 Å². The Morgan fingerprint density at radius 2 is 2.04 bits per heavy atom. The molecule has 1 N–H and O–H groups in total. The number of nitrogens with zero attached hydrogens (tertiary/aromatic N) is 2. The van der Waals surface area contributed by atoms with Crippen molar-refractivity contribution in [3.8, 4) is 0 Å². The number of thioether (sulfide) groups is 1. The van der Waals surface area contributed by atoms with Crippen LogP contribution in [-0.4, -0.2) is 52.7 Å². The first-order chi connectivity index (χ1) is 12.4. The van der Waals surface area contributed by atoms with E-state index in [1.54, 1.807) is 11.8 Å². The zero-order chi connectivity index (χ0) is 19.3. The Morgan fingerprint density at radius 3 is 2.65 bits per heavy atom. The van der Waals surface area contributed by atoms with Gasteiger partial charge in [0.2, 0.25) is 5.91 Å². The number of hydrogen-bond acceptors (Lipinski definition) is 3. The molecule has 1 aromatic carbocycles. The molecule has 6 heteroatoms. The van der Waals surface area contributed by atoms with Crippen molar-refractivity contribution in [3.63, 3.8) is 0 Å². The molecule has 3 amide bonds. The minimum absolute atomic E-state index is 0.0198. The highest BCUT2D eigenvalue weighted by Gasteiger charge is 2.39. The number of carbonyl (C=O) groups is 2. The van der Waals surface area contributed by atoms with E-state index in [1.165, 1.54) is 11.1 Å². The van der Waals surface area contributed by atoms with Crippen LogP contribution in [0.5, 0.6) is 0 Å². The van der Waals surface area contributed by atoms with Crippen molar-refractivity contribution in [1.29, 1.82) is 0 Å². The first-order valence-electron chi connectivity index (χ1n) is 9.42. The van der Waals surface area contributed by atoms with Gasteiger partial charge in [-0.25, -0.2) is 4.79 Å². The second-order valence-electron chi connectivity index (χ2n) is 7.04. The second kappa shape index (κ2) is 9.31. The summed E-state index contributed by atoms with van der Waals surface area (Å²) in [5, 5.41) is 2.90. The van der Waals surface area contributed by atoms with Crippen LogP contribution in [0.15, 0.2) is 24.3 Å². The summed E-state index contributed by atoms with van der Waals surface area (Å²) in [6.45, 7) is 11.9. The molecular weight excluding hydrogens is 346 g/mol. The molecule has 1 aliphatic heterocycles. The topological polar surface area (TPSA) is 52.7 Å². The Bertz CT molecular complexity index is 635. The molecule has 0 unspecified atom stereocenters. The maximum atomic E-state index is 12.7. The van der Waals surface area contributed by atoms with E-state index < -0.39 is 0 Å². The Kier molecular flexibility index (Phi) is 7.38. The van der Waals surface area contributed by atoms with Crippen molar-refractivity contribution in [2.75, 3.05) is 19.6 Å². The van der Waals surface area contributed by atoms with Gasteiger partial charge in [0, 0.05) is 25.7 Å². The minimum atomic E-state index is -0.0546. The molecule has 2 atom stereocenters. The third kappa shape index (κ3) is 4.72. The zero-order valence-corrected chi connectivity index (χ0v) is 17.3. The quantitative estimate of drug-likeness (QED) is 0.787. The van der Waals surface area contributed by atoms with Crippen LogP contribution >= 0.6 is 11.8 Å². The minimum Gasteiger partial charge on any atom is -0.338 e. The van der Waals surface area contributed by atoms with Crippen molar-refractivity contribution in [2.24, 2.45) is 0 Å². The number of hydrogen-bond donors (Lipinski definition) is 1. The normalized spacial score (nSPS) is 19.9. The van der Waals surface area contributed by atoms with Gasteiger partial charge in [-0.15, -0.1) is 11.8 Å². The van der Waals surface area contributed by atoms with Gasteiger partial charge in [0.05, 0.1) is 5.25 Å². The fourth-order valence-corrected chi connectivity index (χ4v) is 4.56. The number of rotatable bonds is 7. The van der Waals surface area contributed by atoms with E-state index in [0.29, 0.717) is 19.6 Å². The van der Waals surface area contributed by atoms with Gasteiger partial charge in [0.1, 0.15) is 5.37 Å². The average Bonchev–Trinajstić information content (AvgIpc) is 2.88. The maximum Gasteiger partial charge on any atom is 0.317 e. The average molecular weight is 378 g/mol. The monoisotopic (exact) mass is 377 g/mol. The molecule has 144 valence electrons. The summed E-state index contributed by atoms with van der Waals surface area (Å²) < 4.78 is 0. The van der Waals surface area contributed by atoms with Crippen LogP contribution in [0, 0.1) is 6.92 Å². The number of benzene rings is 1. The summed E-state index contributed by atoms with van der Waals surface area (Å²) in [6, 6.07) is 8.26. The van der Waals surface area contributed by atoms with E-state index in [9.17, 15) is 9.59 Å². The number of urea groups is 1. The summed E-state index contributed by atoms with van der Waals surface area (Å²) in [6.07, 6.45) is 0.909. The number of nitrogens with one attached hydrogen (secondary N) is 1. The lowest BCUT2D eigenvalue weighted by Gasteiger charge is -2.31. The van der Waals surface area contributed by atoms with E-state index in [-0.39, 0.29) is 28.6 Å². The van der Waals surface area contributed by atoms with Gasteiger partial charge in [0.15, 0.2) is 0 Å². The highest BCUT2D eigenvalue weighted by atomic mass is 32.2. The predicted octanol–water partition coefficient (Wildman–Crippen LogP) is 3.79. The van der Waals surface area contributed by atoms with Gasteiger partial charge >= 0.3 is 6.03 Å². The Hall–Kier alpha value is -1.69. The van der Waals surface area contributed by atoms with Crippen molar-refractivity contribution in [3.05, 3.63) is 35.4 Å². The Morgan fingerprint density at radius 1 is 1.35 bits per heavy atom. The Labute approximate surface area is 161 Å². The molecule has 26 heavy (non-hydrogen) atoms. The third-order valence-corrected chi connectivity index (χ3v) is 6.07. The molecule has 1 aliphatic rings. The first-order valence-corrected chi connectivity index (χ1v) is 10.4. The van der Waals surface area contributed by atoms with Crippen molar-refractivity contribution in [1.82, 2.24) is 15.1 Å². The second-order valence-corrected chi connectivity index (χ2v) is 8.46. The zero-order valence-electron chi connectivity index (χ0n) is 16.5. The molecule has 5 nitrogen and oxygen atoms in total. The lowest BCUT2D eigenvalue weighted by Crippen LogP contribution is -2.48. The predicted molar refractivity (Wildman–Crippen MR) is 108 cm³/mol. The summed E-state index contributed by atoms with van der Waals surface area (Å²) in [5.74, 6) is 0.154. The van der Waals surface area contributed by atoms with E-state index in [2.05, 4.69) is 24.4 Å². The number of aryl methyl sites for hydroxylation is 1. The molecule has 0 saturated carbocycles. The molecule has 1 aromatic rings. The standard InChI is InChI=1S/C20H31N3O2S/c1-6-11-21-20(25)22(14(2)3)12-13-23-18(24)16(5)26-19(23)17-10-8-7-9-15(17)4/h7-10,14,16,19H,6,11-13H2,1-5H3,(H,21,25)/t16-,19-/m1/s1. The molecule has 0 aliphatic carbocycles. The largest absolute Gasteiger partial charge is 0.338 e. The van der Waals surface area contributed by atoms with Crippen LogP contribution in [0.2, 0.25) is 0 Å². The molecule has 0 spiro atoms. The van der Waals surface area contributed by atoms with E-state index in [1.807, 2.05) is 49.6 Å². The van der Waals surface area contributed by atoms with Crippen LogP contribution in [0.3, 0.4) is 0 Å². The summed E-state index contributed by atoms with van der Waals surface area (Å²) >= 11 is 1.69. The lowest BCUT2D eigenvalue weighted by atomic mass is 10.1. The van der Waals surface area contributed by atoms with Crippen LogP contribution in [-0.2, 0) is 4.79 Å². The third-order valence-electron chi connectivity index (χ3n) is 4.69. The van der Waals surface area contributed by atoms with E-state index in [4.69, 9.17) is 0 Å². The molecule has 1 heterocycles. The summed E-state index contributed by atoms with van der Waals surface area (Å²) in [4.78, 5) is 28.9. The highest BCUT2D eigenvalue weighted by Crippen LogP contribution is 2.43. The Balaban J connectivity index is 2.12. The van der Waals surface area contributed by atoms with Crippen LogP contribution < -0.4 is 5.32 Å². The number of carbonyl (C=O) groups excluding carboxylic acids is 2. The lowest BCUT2D eigenvalue weighted by molar-refractivity contribution is -0.130. The fraction of sp³-hybridized carbons (Fsp3) is 0.600. The molecule has 2 rings (SSSR count). The summed E-state index contributed by atoms with van der Waals surface area (Å²) in [7, 11) is 0.